The molecule has 5 heteroatoms. The Labute approximate surface area is 77.3 Å². The van der Waals surface area contributed by atoms with Gasteiger partial charge < -0.3 is 11.1 Å². The number of rotatable bonds is 1. The third kappa shape index (κ3) is 1.65. The largest absolute Gasteiger partial charge is 0.366 e. The molecule has 1 aliphatic heterocycles. The first kappa shape index (κ1) is 8.50. The molecule has 0 amide bonds. The third-order valence-corrected chi connectivity index (χ3v) is 2.44. The van der Waals surface area contributed by atoms with Gasteiger partial charge in [0.2, 0.25) is 5.95 Å². The number of nitrogens with zero attached hydrogens (tertiary/aromatic N) is 3. The molecule has 1 saturated heterocycles. The Morgan fingerprint density at radius 2 is 2.38 bits per heavy atom. The van der Waals surface area contributed by atoms with Crippen LogP contribution in [0.3, 0.4) is 0 Å². The molecule has 72 valence electrons. The molecule has 1 unspecified atom stereocenters. The summed E-state index contributed by atoms with van der Waals surface area (Å²) in [5.41, 5.74) is 5.52. The van der Waals surface area contributed by atoms with E-state index in [4.69, 9.17) is 5.73 Å². The predicted molar refractivity (Wildman–Crippen MR) is 50.0 cm³/mol. The fourth-order valence-corrected chi connectivity index (χ4v) is 1.79. The molecule has 1 fully saturated rings. The number of nitrogens with one attached hydrogen (secondary N) is 1. The molecular weight excluding hydrogens is 166 g/mol. The van der Waals surface area contributed by atoms with E-state index in [0.717, 1.165) is 18.8 Å². The molecule has 5 nitrogen and oxygen atoms in total. The number of hydrogen-bond acceptors (Lipinski definition) is 4. The topological polar surface area (TPSA) is 68.8 Å². The molecule has 1 aromatic rings. The van der Waals surface area contributed by atoms with Gasteiger partial charge in [0.1, 0.15) is 5.82 Å². The maximum Gasteiger partial charge on any atom is 0.239 e. The molecule has 1 aliphatic rings. The van der Waals surface area contributed by atoms with E-state index in [1.807, 2.05) is 7.05 Å². The number of anilines is 1. The van der Waals surface area contributed by atoms with Crippen LogP contribution < -0.4 is 11.1 Å². The first-order valence-corrected chi connectivity index (χ1v) is 4.67. The van der Waals surface area contributed by atoms with Crippen LogP contribution in [0.1, 0.15) is 31.1 Å². The fraction of sp³-hybridized carbons (Fsp3) is 0.750. The van der Waals surface area contributed by atoms with Gasteiger partial charge in [-0.05, 0) is 19.4 Å². The van der Waals surface area contributed by atoms with Crippen LogP contribution in [0.4, 0.5) is 5.95 Å². The van der Waals surface area contributed by atoms with E-state index < -0.39 is 0 Å². The van der Waals surface area contributed by atoms with Crippen LogP contribution in [0, 0.1) is 0 Å². The molecule has 0 spiro atoms. The van der Waals surface area contributed by atoms with Crippen LogP contribution >= 0.6 is 0 Å². The van der Waals surface area contributed by atoms with E-state index in [9.17, 15) is 0 Å². The lowest BCUT2D eigenvalue weighted by Crippen LogP contribution is -2.29. The highest BCUT2D eigenvalue weighted by Crippen LogP contribution is 2.20. The van der Waals surface area contributed by atoms with Gasteiger partial charge in [-0.1, -0.05) is 6.42 Å². The third-order valence-electron chi connectivity index (χ3n) is 2.44. The Hall–Kier alpha value is -1.10. The van der Waals surface area contributed by atoms with Crippen LogP contribution in [0.5, 0.6) is 0 Å². The summed E-state index contributed by atoms with van der Waals surface area (Å²) in [4.78, 5) is 4.20. The zero-order chi connectivity index (χ0) is 9.26. The van der Waals surface area contributed by atoms with Crippen LogP contribution in [0.15, 0.2) is 0 Å². The first-order valence-electron chi connectivity index (χ1n) is 4.67. The maximum atomic E-state index is 5.52. The second-order valence-electron chi connectivity index (χ2n) is 3.45. The van der Waals surface area contributed by atoms with Crippen molar-refractivity contribution in [3.8, 4) is 0 Å². The summed E-state index contributed by atoms with van der Waals surface area (Å²) in [6.45, 7) is 1.07. The SMILES string of the molecule is Cn1nc(N)nc1C1CCCCN1. The summed E-state index contributed by atoms with van der Waals surface area (Å²) in [5, 5.41) is 7.44. The molecule has 2 rings (SSSR count). The maximum absolute atomic E-state index is 5.52. The molecule has 2 heterocycles. The second kappa shape index (κ2) is 3.33. The number of nitrogen functional groups attached to an aromatic ring is 1. The van der Waals surface area contributed by atoms with Gasteiger partial charge in [0.05, 0.1) is 6.04 Å². The van der Waals surface area contributed by atoms with Gasteiger partial charge >= 0.3 is 0 Å². The van der Waals surface area contributed by atoms with Crippen molar-refractivity contribution < 1.29 is 0 Å². The van der Waals surface area contributed by atoms with Crippen LogP contribution in [-0.2, 0) is 7.05 Å². The van der Waals surface area contributed by atoms with Gasteiger partial charge in [-0.15, -0.1) is 5.10 Å². The Balaban J connectivity index is 2.18. The molecule has 1 atom stereocenters. The quantitative estimate of drug-likeness (QED) is 0.650. The normalized spacial score (nSPS) is 23.3. The minimum Gasteiger partial charge on any atom is -0.366 e. The molecule has 0 aromatic carbocycles. The zero-order valence-corrected chi connectivity index (χ0v) is 7.82. The highest BCUT2D eigenvalue weighted by Gasteiger charge is 2.19. The molecule has 13 heavy (non-hydrogen) atoms. The van der Waals surface area contributed by atoms with E-state index in [1.54, 1.807) is 4.68 Å². The summed E-state index contributed by atoms with van der Waals surface area (Å²) in [6, 6.07) is 0.337. The Bertz CT molecular complexity index is 287. The van der Waals surface area contributed by atoms with Crippen molar-refractivity contribution in [2.75, 3.05) is 12.3 Å². The van der Waals surface area contributed by atoms with Crippen molar-refractivity contribution in [3.05, 3.63) is 5.82 Å². The van der Waals surface area contributed by atoms with Crippen molar-refractivity contribution in [1.82, 2.24) is 20.1 Å². The van der Waals surface area contributed by atoms with Gasteiger partial charge in [0, 0.05) is 7.05 Å². The summed E-state index contributed by atoms with van der Waals surface area (Å²) >= 11 is 0. The van der Waals surface area contributed by atoms with E-state index in [2.05, 4.69) is 15.4 Å². The fourth-order valence-electron chi connectivity index (χ4n) is 1.79. The number of aryl methyl sites for hydroxylation is 1. The van der Waals surface area contributed by atoms with Crippen LogP contribution in [0.25, 0.3) is 0 Å². The smallest absolute Gasteiger partial charge is 0.239 e. The molecule has 0 saturated carbocycles. The number of hydrogen-bond donors (Lipinski definition) is 2. The van der Waals surface area contributed by atoms with Crippen LogP contribution in [-0.4, -0.2) is 21.3 Å². The second-order valence-corrected chi connectivity index (χ2v) is 3.45. The number of aromatic nitrogens is 3. The van der Waals surface area contributed by atoms with Crippen molar-refractivity contribution in [2.45, 2.75) is 25.3 Å². The predicted octanol–water partition coefficient (Wildman–Crippen LogP) is 0.212. The number of nitrogens with two attached hydrogens (primary N) is 1. The summed E-state index contributed by atoms with van der Waals surface area (Å²) in [6.07, 6.45) is 3.64. The lowest BCUT2D eigenvalue weighted by Gasteiger charge is -2.21. The van der Waals surface area contributed by atoms with Gasteiger partial charge in [0.25, 0.3) is 0 Å². The average molecular weight is 181 g/mol. The van der Waals surface area contributed by atoms with Gasteiger partial charge in [0.15, 0.2) is 0 Å². The summed E-state index contributed by atoms with van der Waals surface area (Å²) in [7, 11) is 1.88. The van der Waals surface area contributed by atoms with E-state index in [1.165, 1.54) is 12.8 Å². The first-order chi connectivity index (χ1) is 6.27. The monoisotopic (exact) mass is 181 g/mol. The highest BCUT2D eigenvalue weighted by molar-refractivity contribution is 5.15. The number of piperidine rings is 1. The lowest BCUT2D eigenvalue weighted by atomic mass is 10.0. The van der Waals surface area contributed by atoms with E-state index in [-0.39, 0.29) is 0 Å². The molecule has 3 N–H and O–H groups in total. The van der Waals surface area contributed by atoms with Crippen molar-refractivity contribution in [3.63, 3.8) is 0 Å². The van der Waals surface area contributed by atoms with E-state index in [0.29, 0.717) is 12.0 Å². The molecular formula is C8H15N5. The molecule has 0 bridgehead atoms. The Morgan fingerprint density at radius 1 is 1.54 bits per heavy atom. The zero-order valence-electron chi connectivity index (χ0n) is 7.82. The Morgan fingerprint density at radius 3 is 2.92 bits per heavy atom. The molecule has 0 radical (unpaired) electrons. The summed E-state index contributed by atoms with van der Waals surface area (Å²) in [5.74, 6) is 1.32. The van der Waals surface area contributed by atoms with Crippen molar-refractivity contribution in [1.29, 1.82) is 0 Å². The minimum absolute atomic E-state index is 0.337. The molecule has 1 aromatic heterocycles. The van der Waals surface area contributed by atoms with E-state index >= 15 is 0 Å². The summed E-state index contributed by atoms with van der Waals surface area (Å²) < 4.78 is 1.76. The van der Waals surface area contributed by atoms with Crippen molar-refractivity contribution >= 4 is 5.95 Å². The van der Waals surface area contributed by atoms with Crippen LogP contribution in [0.2, 0.25) is 0 Å². The Kier molecular flexibility index (Phi) is 2.18. The lowest BCUT2D eigenvalue weighted by molar-refractivity contribution is 0.386. The van der Waals surface area contributed by atoms with Gasteiger partial charge in [-0.3, -0.25) is 0 Å². The average Bonchev–Trinajstić information content (AvgIpc) is 2.47. The highest BCUT2D eigenvalue weighted by atomic mass is 15.4. The van der Waals surface area contributed by atoms with Crippen molar-refractivity contribution in [2.24, 2.45) is 7.05 Å². The van der Waals surface area contributed by atoms with Gasteiger partial charge in [-0.25, -0.2) is 4.68 Å². The molecule has 0 aliphatic carbocycles. The standard InChI is InChI=1S/C8H15N5/c1-13-7(11-8(9)12-13)6-4-2-3-5-10-6/h6,10H,2-5H2,1H3,(H2,9,12). The van der Waals surface area contributed by atoms with Gasteiger partial charge in [-0.2, -0.15) is 4.98 Å². The minimum atomic E-state index is 0.337.